The van der Waals surface area contributed by atoms with E-state index in [0.29, 0.717) is 16.9 Å². The summed E-state index contributed by atoms with van der Waals surface area (Å²) in [5, 5.41) is 6.32. The highest BCUT2D eigenvalue weighted by molar-refractivity contribution is 6.06. The second-order valence-electron chi connectivity index (χ2n) is 10.8. The molecule has 1 saturated heterocycles. The van der Waals surface area contributed by atoms with E-state index < -0.39 is 0 Å². The van der Waals surface area contributed by atoms with Gasteiger partial charge in [-0.2, -0.15) is 0 Å². The molecule has 0 unspecified atom stereocenters. The predicted molar refractivity (Wildman–Crippen MR) is 168 cm³/mol. The summed E-state index contributed by atoms with van der Waals surface area (Å²) in [5.74, 6) is 0.115. The number of benzene rings is 3. The molecule has 218 valence electrons. The highest BCUT2D eigenvalue weighted by atomic mass is 16.5. The lowest BCUT2D eigenvalue weighted by atomic mass is 10.0. The number of morpholine rings is 1. The minimum Gasteiger partial charge on any atom is -0.379 e. The number of ether oxygens (including phenoxy) is 1. The molecule has 0 spiro atoms. The van der Waals surface area contributed by atoms with Crippen molar-refractivity contribution in [3.63, 3.8) is 0 Å². The summed E-state index contributed by atoms with van der Waals surface area (Å²) in [6.07, 6.45) is 4.70. The summed E-state index contributed by atoms with van der Waals surface area (Å²) < 4.78 is 6.98. The Kier molecular flexibility index (Phi) is 9.46. The first-order valence-corrected chi connectivity index (χ1v) is 14.7. The lowest BCUT2D eigenvalue weighted by Gasteiger charge is -2.26. The number of hydrogen-bond acceptors (Lipinski definition) is 6. The van der Waals surface area contributed by atoms with Crippen molar-refractivity contribution in [2.45, 2.75) is 39.7 Å². The number of anilines is 3. The van der Waals surface area contributed by atoms with Crippen LogP contribution in [0.2, 0.25) is 0 Å². The Morgan fingerprint density at radius 2 is 1.76 bits per heavy atom. The number of aromatic nitrogens is 2. The molecule has 4 aromatic rings. The van der Waals surface area contributed by atoms with Gasteiger partial charge < -0.3 is 19.9 Å². The van der Waals surface area contributed by atoms with E-state index in [4.69, 9.17) is 9.72 Å². The minimum atomic E-state index is -0.220. The van der Waals surface area contributed by atoms with E-state index in [1.807, 2.05) is 61.5 Å². The largest absolute Gasteiger partial charge is 0.379 e. The predicted octanol–water partition coefficient (Wildman–Crippen LogP) is 5.93. The van der Waals surface area contributed by atoms with E-state index in [-0.39, 0.29) is 17.3 Å². The van der Waals surface area contributed by atoms with Crippen LogP contribution in [0.4, 0.5) is 17.2 Å². The van der Waals surface area contributed by atoms with Crippen molar-refractivity contribution < 1.29 is 9.53 Å². The zero-order valence-electron chi connectivity index (χ0n) is 24.7. The fourth-order valence-corrected chi connectivity index (χ4v) is 5.23. The normalized spacial score (nSPS) is 13.6. The fraction of sp³-hybridized carbons (Fsp3) is 0.324. The molecule has 1 amide bonds. The maximum Gasteiger partial charge on any atom is 0.293 e. The Hall–Kier alpha value is -4.27. The summed E-state index contributed by atoms with van der Waals surface area (Å²) in [6.45, 7) is 8.39. The number of carbonyl (C=O) groups excluding carboxylic acids is 1. The van der Waals surface area contributed by atoms with E-state index in [0.717, 1.165) is 74.5 Å². The first kappa shape index (κ1) is 29.2. The molecule has 1 aliphatic heterocycles. The molecule has 0 saturated carbocycles. The summed E-state index contributed by atoms with van der Waals surface area (Å²) in [4.78, 5) is 33.4. The number of carbonyl (C=O) groups is 1. The van der Waals surface area contributed by atoms with Crippen LogP contribution in [-0.2, 0) is 24.8 Å². The van der Waals surface area contributed by atoms with Gasteiger partial charge >= 0.3 is 0 Å². The van der Waals surface area contributed by atoms with Crippen LogP contribution in [-0.4, -0.2) is 46.7 Å². The van der Waals surface area contributed by atoms with Crippen molar-refractivity contribution in [3.8, 4) is 11.3 Å². The highest BCUT2D eigenvalue weighted by Crippen LogP contribution is 2.28. The maximum atomic E-state index is 13.3. The number of rotatable bonds is 10. The quantitative estimate of drug-likeness (QED) is 0.248. The van der Waals surface area contributed by atoms with E-state index in [1.165, 1.54) is 10.1 Å². The zero-order chi connectivity index (χ0) is 29.5. The molecule has 1 aliphatic rings. The summed E-state index contributed by atoms with van der Waals surface area (Å²) >= 11 is 0. The molecule has 0 bridgehead atoms. The summed E-state index contributed by atoms with van der Waals surface area (Å²) in [7, 11) is 1.72. The van der Waals surface area contributed by atoms with Crippen LogP contribution in [0, 0.1) is 6.92 Å². The number of aryl methyl sites for hydroxylation is 2. The Labute approximate surface area is 247 Å². The van der Waals surface area contributed by atoms with Crippen molar-refractivity contribution >= 4 is 23.1 Å². The van der Waals surface area contributed by atoms with Crippen LogP contribution in [0.1, 0.15) is 46.8 Å². The van der Waals surface area contributed by atoms with Gasteiger partial charge in [-0.3, -0.25) is 14.5 Å². The molecule has 3 aromatic carbocycles. The number of nitrogens with zero attached hydrogens (tertiary/aromatic N) is 3. The highest BCUT2D eigenvalue weighted by Gasteiger charge is 2.16. The molecule has 2 N–H and O–H groups in total. The average molecular weight is 566 g/mol. The lowest BCUT2D eigenvalue weighted by molar-refractivity contribution is 0.0342. The van der Waals surface area contributed by atoms with Crippen molar-refractivity contribution in [3.05, 3.63) is 106 Å². The minimum absolute atomic E-state index is 0.130. The third-order valence-corrected chi connectivity index (χ3v) is 7.72. The molecule has 5 rings (SSSR count). The molecule has 42 heavy (non-hydrogen) atoms. The van der Waals surface area contributed by atoms with Crippen molar-refractivity contribution in [2.24, 2.45) is 7.05 Å². The van der Waals surface area contributed by atoms with Gasteiger partial charge in [-0.05, 0) is 60.7 Å². The van der Waals surface area contributed by atoms with Gasteiger partial charge in [-0.15, -0.1) is 0 Å². The van der Waals surface area contributed by atoms with Crippen LogP contribution < -0.4 is 16.2 Å². The molecular weight excluding hydrogens is 526 g/mol. The topological polar surface area (TPSA) is 88.5 Å². The number of amides is 1. The van der Waals surface area contributed by atoms with Gasteiger partial charge in [0.15, 0.2) is 5.82 Å². The second kappa shape index (κ2) is 13.6. The molecule has 2 heterocycles. The molecular formula is C34H39N5O3. The molecule has 8 nitrogen and oxygen atoms in total. The van der Waals surface area contributed by atoms with E-state index in [1.54, 1.807) is 13.2 Å². The number of nitrogens with one attached hydrogen (secondary N) is 2. The van der Waals surface area contributed by atoms with Gasteiger partial charge in [-0.25, -0.2) is 4.98 Å². The third kappa shape index (κ3) is 6.95. The second-order valence-corrected chi connectivity index (χ2v) is 10.8. The van der Waals surface area contributed by atoms with Gasteiger partial charge in [0.1, 0.15) is 0 Å². The van der Waals surface area contributed by atoms with Gasteiger partial charge in [0.05, 0.1) is 18.9 Å². The maximum absolute atomic E-state index is 13.3. The molecule has 1 aromatic heterocycles. The van der Waals surface area contributed by atoms with Crippen LogP contribution in [0.3, 0.4) is 0 Å². The molecule has 0 atom stereocenters. The van der Waals surface area contributed by atoms with Crippen molar-refractivity contribution in [1.29, 1.82) is 0 Å². The van der Waals surface area contributed by atoms with Crippen LogP contribution in [0.25, 0.3) is 11.3 Å². The standard InChI is InChI=1S/C34H39N5O3/c1-4-5-9-26-10-6-7-11-29(26)33(40)37-30-13-8-12-28(24(30)2)31-23-38(3)34(41)32(36-31)35-27-16-14-25(15-17-27)22-39-18-20-42-21-19-39/h6-8,10-17,23H,4-5,9,18-22H2,1-3H3,(H,35,36)(H,37,40). The molecule has 8 heteroatoms. The first-order valence-electron chi connectivity index (χ1n) is 14.7. The summed E-state index contributed by atoms with van der Waals surface area (Å²) in [6, 6.07) is 21.6. The monoisotopic (exact) mass is 565 g/mol. The van der Waals surface area contributed by atoms with Gasteiger partial charge in [0, 0.05) is 55.4 Å². The van der Waals surface area contributed by atoms with Gasteiger partial charge in [0.2, 0.25) is 0 Å². The Morgan fingerprint density at radius 1 is 1.00 bits per heavy atom. The van der Waals surface area contributed by atoms with Crippen molar-refractivity contribution in [1.82, 2.24) is 14.5 Å². The molecule has 0 aliphatic carbocycles. The third-order valence-electron chi connectivity index (χ3n) is 7.72. The lowest BCUT2D eigenvalue weighted by Crippen LogP contribution is -2.35. The van der Waals surface area contributed by atoms with Crippen LogP contribution in [0.15, 0.2) is 77.7 Å². The smallest absolute Gasteiger partial charge is 0.293 e. The van der Waals surface area contributed by atoms with E-state index in [2.05, 4.69) is 34.6 Å². The van der Waals surface area contributed by atoms with Crippen LogP contribution in [0.5, 0.6) is 0 Å². The van der Waals surface area contributed by atoms with E-state index >= 15 is 0 Å². The molecule has 1 fully saturated rings. The Morgan fingerprint density at radius 3 is 2.52 bits per heavy atom. The van der Waals surface area contributed by atoms with E-state index in [9.17, 15) is 9.59 Å². The number of hydrogen-bond donors (Lipinski definition) is 2. The SMILES string of the molecule is CCCCc1ccccc1C(=O)Nc1cccc(-c2cn(C)c(=O)c(Nc3ccc(CN4CCOCC4)cc3)n2)c1C. The van der Waals surface area contributed by atoms with Gasteiger partial charge in [0.25, 0.3) is 11.5 Å². The number of unbranched alkanes of at least 4 members (excludes halogenated alkanes) is 1. The Balaban J connectivity index is 1.35. The van der Waals surface area contributed by atoms with Crippen LogP contribution >= 0.6 is 0 Å². The molecule has 0 radical (unpaired) electrons. The summed E-state index contributed by atoms with van der Waals surface area (Å²) in [5.41, 5.74) is 6.59. The zero-order valence-corrected chi connectivity index (χ0v) is 24.7. The first-order chi connectivity index (χ1) is 20.4. The van der Waals surface area contributed by atoms with Gasteiger partial charge in [-0.1, -0.05) is 55.8 Å². The van der Waals surface area contributed by atoms with Crippen molar-refractivity contribution in [2.75, 3.05) is 36.9 Å². The fourth-order valence-electron chi connectivity index (χ4n) is 5.23. The average Bonchev–Trinajstić information content (AvgIpc) is 3.01. The Bertz CT molecular complexity index is 1590.